The number of nitrogens with zero attached hydrogens (tertiary/aromatic N) is 2. The van der Waals surface area contributed by atoms with Gasteiger partial charge in [0.15, 0.2) is 5.69 Å². The van der Waals surface area contributed by atoms with E-state index in [2.05, 4.69) is 4.98 Å². The van der Waals surface area contributed by atoms with Gasteiger partial charge in [0.1, 0.15) is 11.8 Å². The van der Waals surface area contributed by atoms with Crippen LogP contribution in [-0.4, -0.2) is 16.1 Å². The quantitative estimate of drug-likeness (QED) is 0.774. The van der Waals surface area contributed by atoms with Crippen molar-refractivity contribution >= 4 is 5.97 Å². The summed E-state index contributed by atoms with van der Waals surface area (Å²) in [4.78, 5) is 13.3. The van der Waals surface area contributed by atoms with E-state index < -0.39 is 29.1 Å². The molecule has 0 radical (unpaired) electrons. The summed E-state index contributed by atoms with van der Waals surface area (Å²) < 4.78 is 36.4. The molecule has 7 heteroatoms. The van der Waals surface area contributed by atoms with Crippen LogP contribution < -0.4 is 0 Å². The van der Waals surface area contributed by atoms with Crippen molar-refractivity contribution in [1.29, 1.82) is 5.26 Å². The first-order valence-electron chi connectivity index (χ1n) is 3.58. The Morgan fingerprint density at radius 1 is 1.47 bits per heavy atom. The summed E-state index contributed by atoms with van der Waals surface area (Å²) in [5.41, 5.74) is -2.64. The van der Waals surface area contributed by atoms with E-state index in [0.717, 1.165) is 6.07 Å². The molecule has 0 bridgehead atoms. The summed E-state index contributed by atoms with van der Waals surface area (Å²) in [5.74, 6) is -1.67. The molecule has 0 aliphatic rings. The molecule has 4 nitrogen and oxygen atoms in total. The molecule has 1 aromatic heterocycles. The lowest BCUT2D eigenvalue weighted by molar-refractivity contribution is -0.141. The second kappa shape index (κ2) is 3.57. The van der Waals surface area contributed by atoms with Crippen LogP contribution in [0.2, 0.25) is 0 Å². The lowest BCUT2D eigenvalue weighted by atomic mass is 10.2. The Kier molecular flexibility index (Phi) is 2.61. The molecule has 1 rings (SSSR count). The summed E-state index contributed by atoms with van der Waals surface area (Å²) in [6, 6.07) is 2.78. The first-order valence-corrected chi connectivity index (χ1v) is 3.58. The number of halogens is 3. The molecule has 0 fully saturated rings. The van der Waals surface area contributed by atoms with Gasteiger partial charge in [0.2, 0.25) is 0 Å². The first-order chi connectivity index (χ1) is 6.86. The molecule has 1 aromatic rings. The smallest absolute Gasteiger partial charge is 0.433 e. The van der Waals surface area contributed by atoms with Gasteiger partial charge in [-0.3, -0.25) is 0 Å². The van der Waals surface area contributed by atoms with E-state index in [9.17, 15) is 18.0 Å². The topological polar surface area (TPSA) is 74.0 Å². The van der Waals surface area contributed by atoms with Crippen LogP contribution in [-0.2, 0) is 6.18 Å². The van der Waals surface area contributed by atoms with Gasteiger partial charge in [-0.15, -0.1) is 0 Å². The van der Waals surface area contributed by atoms with E-state index in [-0.39, 0.29) is 0 Å². The van der Waals surface area contributed by atoms with Crippen molar-refractivity contribution in [1.82, 2.24) is 4.98 Å². The minimum Gasteiger partial charge on any atom is -0.476 e. The second-order valence-corrected chi connectivity index (χ2v) is 2.51. The molecule has 0 aliphatic heterocycles. The predicted octanol–water partition coefficient (Wildman–Crippen LogP) is 1.67. The highest BCUT2D eigenvalue weighted by molar-refractivity contribution is 5.88. The maximum absolute atomic E-state index is 12.1. The highest BCUT2D eigenvalue weighted by Gasteiger charge is 2.33. The fraction of sp³-hybridized carbons (Fsp3) is 0.125. The average Bonchev–Trinajstić information content (AvgIpc) is 2.15. The van der Waals surface area contributed by atoms with Crippen molar-refractivity contribution in [2.75, 3.05) is 0 Å². The fourth-order valence-corrected chi connectivity index (χ4v) is 0.870. The summed E-state index contributed by atoms with van der Waals surface area (Å²) >= 11 is 0. The van der Waals surface area contributed by atoms with E-state index in [0.29, 0.717) is 6.07 Å². The van der Waals surface area contributed by atoms with Crippen LogP contribution in [0.1, 0.15) is 21.7 Å². The lowest BCUT2D eigenvalue weighted by Gasteiger charge is -2.06. The van der Waals surface area contributed by atoms with Gasteiger partial charge in [-0.05, 0) is 12.1 Å². The lowest BCUT2D eigenvalue weighted by Crippen LogP contribution is -2.13. The summed E-state index contributed by atoms with van der Waals surface area (Å²) in [5, 5.41) is 16.9. The Morgan fingerprint density at radius 3 is 2.47 bits per heavy atom. The van der Waals surface area contributed by atoms with Gasteiger partial charge in [0, 0.05) is 0 Å². The Labute approximate surface area is 81.6 Å². The van der Waals surface area contributed by atoms with Gasteiger partial charge in [-0.1, -0.05) is 0 Å². The van der Waals surface area contributed by atoms with Gasteiger partial charge in [0.25, 0.3) is 0 Å². The highest BCUT2D eigenvalue weighted by Crippen LogP contribution is 2.28. The van der Waals surface area contributed by atoms with Crippen LogP contribution in [0.3, 0.4) is 0 Å². The Bertz CT molecular complexity index is 448. The molecule has 1 heterocycles. The molecule has 0 aromatic carbocycles. The van der Waals surface area contributed by atoms with Crippen LogP contribution in [0.25, 0.3) is 0 Å². The molecule has 15 heavy (non-hydrogen) atoms. The molecule has 1 N–H and O–H groups in total. The van der Waals surface area contributed by atoms with Crippen LogP contribution >= 0.6 is 0 Å². The molecule has 0 saturated heterocycles. The fourth-order valence-electron chi connectivity index (χ4n) is 0.870. The molecule has 0 aliphatic carbocycles. The molecule has 0 unspecified atom stereocenters. The maximum Gasteiger partial charge on any atom is 0.433 e. The largest absolute Gasteiger partial charge is 0.476 e. The van der Waals surface area contributed by atoms with Crippen LogP contribution in [0.4, 0.5) is 13.2 Å². The molecular weight excluding hydrogens is 213 g/mol. The third kappa shape index (κ3) is 2.22. The predicted molar refractivity (Wildman–Crippen MR) is 40.9 cm³/mol. The first kappa shape index (κ1) is 11.0. The second-order valence-electron chi connectivity index (χ2n) is 2.51. The standard InChI is InChI=1S/C8H3F3N2O2/c9-8(10,11)5-2-1-4(3-12)6(13-5)7(14)15/h1-2H,(H,14,15). The molecular formula is C8H3F3N2O2. The van der Waals surface area contributed by atoms with Crippen LogP contribution in [0.15, 0.2) is 12.1 Å². The highest BCUT2D eigenvalue weighted by atomic mass is 19.4. The van der Waals surface area contributed by atoms with Crippen molar-refractivity contribution in [2.45, 2.75) is 6.18 Å². The van der Waals surface area contributed by atoms with Crippen LogP contribution in [0, 0.1) is 11.3 Å². The van der Waals surface area contributed by atoms with Crippen molar-refractivity contribution in [3.05, 3.63) is 29.1 Å². The number of rotatable bonds is 1. The van der Waals surface area contributed by atoms with Gasteiger partial charge in [0.05, 0.1) is 5.56 Å². The Hall–Kier alpha value is -2.10. The summed E-state index contributed by atoms with van der Waals surface area (Å²) in [6.07, 6.45) is -4.72. The number of carbonyl (C=O) groups is 1. The molecule has 78 valence electrons. The van der Waals surface area contributed by atoms with E-state index in [4.69, 9.17) is 10.4 Å². The van der Waals surface area contributed by atoms with Gasteiger partial charge in [-0.2, -0.15) is 18.4 Å². The Morgan fingerprint density at radius 2 is 2.07 bits per heavy atom. The van der Waals surface area contributed by atoms with Crippen LogP contribution in [0.5, 0.6) is 0 Å². The number of alkyl halides is 3. The number of aromatic nitrogens is 1. The van der Waals surface area contributed by atoms with Crippen molar-refractivity contribution in [3.63, 3.8) is 0 Å². The number of hydrogen-bond acceptors (Lipinski definition) is 3. The summed E-state index contributed by atoms with van der Waals surface area (Å²) in [7, 11) is 0. The van der Waals surface area contributed by atoms with Gasteiger partial charge >= 0.3 is 12.1 Å². The number of hydrogen-bond donors (Lipinski definition) is 1. The monoisotopic (exact) mass is 216 g/mol. The zero-order chi connectivity index (χ0) is 11.6. The number of pyridine rings is 1. The maximum atomic E-state index is 12.1. The number of nitriles is 1. The third-order valence-corrected chi connectivity index (χ3v) is 1.51. The van der Waals surface area contributed by atoms with E-state index in [1.165, 1.54) is 6.07 Å². The number of aromatic carboxylic acids is 1. The minimum atomic E-state index is -4.72. The van der Waals surface area contributed by atoms with Crippen molar-refractivity contribution in [3.8, 4) is 6.07 Å². The number of carboxylic acid groups (broad SMARTS) is 1. The zero-order valence-corrected chi connectivity index (χ0v) is 7.04. The number of carboxylic acids is 1. The SMILES string of the molecule is N#Cc1ccc(C(F)(F)F)nc1C(=O)O. The van der Waals surface area contributed by atoms with Crippen molar-refractivity contribution in [2.24, 2.45) is 0 Å². The van der Waals surface area contributed by atoms with Gasteiger partial charge < -0.3 is 5.11 Å². The van der Waals surface area contributed by atoms with E-state index in [1.54, 1.807) is 0 Å². The third-order valence-electron chi connectivity index (χ3n) is 1.51. The minimum absolute atomic E-state index is 0.407. The van der Waals surface area contributed by atoms with E-state index >= 15 is 0 Å². The van der Waals surface area contributed by atoms with E-state index in [1.807, 2.05) is 0 Å². The summed E-state index contributed by atoms with van der Waals surface area (Å²) in [6.45, 7) is 0. The normalized spacial score (nSPS) is 10.8. The van der Waals surface area contributed by atoms with Crippen molar-refractivity contribution < 1.29 is 23.1 Å². The average molecular weight is 216 g/mol. The molecule has 0 atom stereocenters. The zero-order valence-electron chi connectivity index (χ0n) is 7.04. The molecule has 0 saturated carbocycles. The Balaban J connectivity index is 3.37. The molecule has 0 amide bonds. The molecule has 0 spiro atoms. The van der Waals surface area contributed by atoms with Gasteiger partial charge in [-0.25, -0.2) is 9.78 Å².